The van der Waals surface area contributed by atoms with Gasteiger partial charge in [0.25, 0.3) is 0 Å². The molecule has 0 unspecified atom stereocenters. The van der Waals surface area contributed by atoms with Crippen molar-refractivity contribution in [3.63, 3.8) is 0 Å². The van der Waals surface area contributed by atoms with Crippen LogP contribution in [-0.2, 0) is 13.1 Å². The standard InChI is InChI=1S/C12H14N4/c13-5-9-1-3-11(15-7-9)12-4-2-10(6-14)8-16-12/h1-4,7-8H,5-6,13-14H2. The van der Waals surface area contributed by atoms with Crippen molar-refractivity contribution in [1.29, 1.82) is 0 Å². The van der Waals surface area contributed by atoms with Crippen LogP contribution in [-0.4, -0.2) is 9.97 Å². The van der Waals surface area contributed by atoms with Crippen molar-refractivity contribution in [2.75, 3.05) is 0 Å². The maximum Gasteiger partial charge on any atom is 0.0886 e. The molecule has 0 aliphatic carbocycles. The molecule has 0 spiro atoms. The van der Waals surface area contributed by atoms with E-state index in [4.69, 9.17) is 11.5 Å². The lowest BCUT2D eigenvalue weighted by Gasteiger charge is -2.02. The first kappa shape index (κ1) is 10.7. The Balaban J connectivity index is 2.28. The summed E-state index contributed by atoms with van der Waals surface area (Å²) in [5, 5.41) is 0. The number of pyridine rings is 2. The summed E-state index contributed by atoms with van der Waals surface area (Å²) in [6, 6.07) is 7.76. The molecule has 2 aromatic rings. The van der Waals surface area contributed by atoms with Gasteiger partial charge < -0.3 is 11.5 Å². The number of hydrogen-bond donors (Lipinski definition) is 2. The highest BCUT2D eigenvalue weighted by molar-refractivity contribution is 5.53. The fourth-order valence-electron chi connectivity index (χ4n) is 1.39. The molecule has 0 saturated heterocycles. The predicted molar refractivity (Wildman–Crippen MR) is 63.3 cm³/mol. The van der Waals surface area contributed by atoms with Gasteiger partial charge in [0.05, 0.1) is 11.4 Å². The topological polar surface area (TPSA) is 77.8 Å². The molecular weight excluding hydrogens is 200 g/mol. The van der Waals surface area contributed by atoms with Gasteiger partial charge >= 0.3 is 0 Å². The van der Waals surface area contributed by atoms with Crippen LogP contribution in [0.2, 0.25) is 0 Å². The van der Waals surface area contributed by atoms with Gasteiger partial charge in [0.15, 0.2) is 0 Å². The molecule has 0 aliphatic rings. The number of rotatable bonds is 3. The second kappa shape index (κ2) is 4.83. The summed E-state index contributed by atoms with van der Waals surface area (Å²) in [5.74, 6) is 0. The van der Waals surface area contributed by atoms with Crippen LogP contribution in [0.15, 0.2) is 36.7 Å². The highest BCUT2D eigenvalue weighted by Gasteiger charge is 2.00. The van der Waals surface area contributed by atoms with E-state index in [9.17, 15) is 0 Å². The van der Waals surface area contributed by atoms with Crippen molar-refractivity contribution >= 4 is 0 Å². The molecule has 4 N–H and O–H groups in total. The Hall–Kier alpha value is -1.78. The summed E-state index contributed by atoms with van der Waals surface area (Å²) in [6.07, 6.45) is 3.54. The number of hydrogen-bond acceptors (Lipinski definition) is 4. The molecule has 2 heterocycles. The van der Waals surface area contributed by atoms with Crippen molar-refractivity contribution in [3.8, 4) is 11.4 Å². The van der Waals surface area contributed by atoms with Gasteiger partial charge in [-0.3, -0.25) is 9.97 Å². The molecular formula is C12H14N4. The molecule has 0 bridgehead atoms. The SMILES string of the molecule is NCc1ccc(-c2ccc(CN)cn2)nc1. The highest BCUT2D eigenvalue weighted by atomic mass is 14.8. The van der Waals surface area contributed by atoms with Crippen LogP contribution in [0.3, 0.4) is 0 Å². The van der Waals surface area contributed by atoms with Crippen LogP contribution in [0.4, 0.5) is 0 Å². The quantitative estimate of drug-likeness (QED) is 0.800. The van der Waals surface area contributed by atoms with Gasteiger partial charge in [-0.05, 0) is 23.3 Å². The molecule has 2 aromatic heterocycles. The minimum Gasteiger partial charge on any atom is -0.326 e. The Labute approximate surface area is 94.3 Å². The van der Waals surface area contributed by atoms with Gasteiger partial charge in [-0.15, -0.1) is 0 Å². The Morgan fingerprint density at radius 1 is 0.750 bits per heavy atom. The summed E-state index contributed by atoms with van der Waals surface area (Å²) >= 11 is 0. The van der Waals surface area contributed by atoms with Crippen LogP contribution in [0.25, 0.3) is 11.4 Å². The molecule has 4 nitrogen and oxygen atoms in total. The third-order valence-electron chi connectivity index (χ3n) is 2.38. The van der Waals surface area contributed by atoms with Gasteiger partial charge in [0.2, 0.25) is 0 Å². The van der Waals surface area contributed by atoms with Crippen molar-refractivity contribution in [2.24, 2.45) is 11.5 Å². The molecule has 16 heavy (non-hydrogen) atoms. The molecule has 82 valence electrons. The summed E-state index contributed by atoms with van der Waals surface area (Å²) in [4.78, 5) is 8.60. The monoisotopic (exact) mass is 214 g/mol. The third-order valence-corrected chi connectivity index (χ3v) is 2.38. The van der Waals surface area contributed by atoms with E-state index in [-0.39, 0.29) is 0 Å². The average Bonchev–Trinajstić information content (AvgIpc) is 2.39. The van der Waals surface area contributed by atoms with Crippen molar-refractivity contribution < 1.29 is 0 Å². The second-order valence-electron chi connectivity index (χ2n) is 3.51. The Bertz CT molecular complexity index is 402. The van der Waals surface area contributed by atoms with Crippen LogP contribution >= 0.6 is 0 Å². The summed E-state index contributed by atoms with van der Waals surface area (Å²) in [6.45, 7) is 1.01. The maximum atomic E-state index is 5.51. The van der Waals surface area contributed by atoms with Gasteiger partial charge in [0, 0.05) is 25.5 Å². The minimum atomic E-state index is 0.507. The summed E-state index contributed by atoms with van der Waals surface area (Å²) in [5.41, 5.74) is 14.7. The first-order valence-electron chi connectivity index (χ1n) is 5.14. The summed E-state index contributed by atoms with van der Waals surface area (Å²) < 4.78 is 0. The summed E-state index contributed by atoms with van der Waals surface area (Å²) in [7, 11) is 0. The first-order chi connectivity index (χ1) is 7.83. The molecule has 0 aromatic carbocycles. The normalized spacial score (nSPS) is 10.4. The van der Waals surface area contributed by atoms with Crippen molar-refractivity contribution in [2.45, 2.75) is 13.1 Å². The lowest BCUT2D eigenvalue weighted by Crippen LogP contribution is -1.99. The molecule has 0 fully saturated rings. The first-order valence-corrected chi connectivity index (χ1v) is 5.14. The molecule has 4 heteroatoms. The second-order valence-corrected chi connectivity index (χ2v) is 3.51. The zero-order chi connectivity index (χ0) is 11.4. The number of aromatic nitrogens is 2. The van der Waals surface area contributed by atoms with E-state index < -0.39 is 0 Å². The lowest BCUT2D eigenvalue weighted by molar-refractivity contribution is 1.04. The van der Waals surface area contributed by atoms with Gasteiger partial charge in [-0.25, -0.2) is 0 Å². The Morgan fingerprint density at radius 2 is 1.19 bits per heavy atom. The minimum absolute atomic E-state index is 0.507. The fraction of sp³-hybridized carbons (Fsp3) is 0.167. The molecule has 0 amide bonds. The van der Waals surface area contributed by atoms with E-state index in [0.717, 1.165) is 22.5 Å². The molecule has 2 rings (SSSR count). The van der Waals surface area contributed by atoms with E-state index in [1.54, 1.807) is 12.4 Å². The molecule has 0 radical (unpaired) electrons. The third kappa shape index (κ3) is 2.24. The van der Waals surface area contributed by atoms with E-state index >= 15 is 0 Å². The predicted octanol–water partition coefficient (Wildman–Crippen LogP) is 1.06. The van der Waals surface area contributed by atoms with Crippen LogP contribution < -0.4 is 11.5 Å². The lowest BCUT2D eigenvalue weighted by atomic mass is 10.2. The van der Waals surface area contributed by atoms with E-state index in [0.29, 0.717) is 13.1 Å². The molecule has 0 saturated carbocycles. The van der Waals surface area contributed by atoms with E-state index in [1.165, 1.54) is 0 Å². The average molecular weight is 214 g/mol. The fourth-order valence-corrected chi connectivity index (χ4v) is 1.39. The smallest absolute Gasteiger partial charge is 0.0886 e. The van der Waals surface area contributed by atoms with Crippen LogP contribution in [0.1, 0.15) is 11.1 Å². The largest absolute Gasteiger partial charge is 0.326 e. The van der Waals surface area contributed by atoms with Gasteiger partial charge in [-0.1, -0.05) is 12.1 Å². The van der Waals surface area contributed by atoms with Crippen LogP contribution in [0.5, 0.6) is 0 Å². The maximum absolute atomic E-state index is 5.51. The molecule has 0 atom stereocenters. The zero-order valence-electron chi connectivity index (χ0n) is 8.93. The zero-order valence-corrected chi connectivity index (χ0v) is 8.93. The van der Waals surface area contributed by atoms with E-state index in [1.807, 2.05) is 24.3 Å². The number of nitrogens with two attached hydrogens (primary N) is 2. The van der Waals surface area contributed by atoms with Gasteiger partial charge in [-0.2, -0.15) is 0 Å². The van der Waals surface area contributed by atoms with Crippen LogP contribution in [0, 0.1) is 0 Å². The highest BCUT2D eigenvalue weighted by Crippen LogP contribution is 2.14. The van der Waals surface area contributed by atoms with E-state index in [2.05, 4.69) is 9.97 Å². The van der Waals surface area contributed by atoms with Crippen molar-refractivity contribution in [1.82, 2.24) is 9.97 Å². The van der Waals surface area contributed by atoms with Gasteiger partial charge in [0.1, 0.15) is 0 Å². The number of nitrogens with zero attached hydrogens (tertiary/aromatic N) is 2. The van der Waals surface area contributed by atoms with Crippen molar-refractivity contribution in [3.05, 3.63) is 47.8 Å². The Morgan fingerprint density at radius 3 is 1.44 bits per heavy atom. The molecule has 0 aliphatic heterocycles. The Kier molecular flexibility index (Phi) is 3.24.